The zero-order valence-corrected chi connectivity index (χ0v) is 67.9. The number of piperidine rings is 4. The minimum atomic E-state index is -4.00. The molecule has 0 spiro atoms. The van der Waals surface area contributed by atoms with Gasteiger partial charge in [0.25, 0.3) is 21.9 Å². The molecule has 9 aromatic rings. The molecule has 616 valence electrons. The number of carbonyl (C=O) groups is 7. The second-order valence-electron chi connectivity index (χ2n) is 33.2. The molecule has 6 atom stereocenters. The molecule has 0 aromatic heterocycles. The predicted molar refractivity (Wildman–Crippen MR) is 459 cm³/mol. The van der Waals surface area contributed by atoms with Gasteiger partial charge in [0, 0.05) is 163 Å². The van der Waals surface area contributed by atoms with Crippen LogP contribution in [0.3, 0.4) is 0 Å². The summed E-state index contributed by atoms with van der Waals surface area (Å²) in [6, 6.07) is 70.2. The fourth-order valence-electron chi connectivity index (χ4n) is 19.6. The third kappa shape index (κ3) is 18.5. The van der Waals surface area contributed by atoms with E-state index in [1.54, 1.807) is 28.0 Å². The lowest BCUT2D eigenvalue weighted by Gasteiger charge is -2.40. The van der Waals surface area contributed by atoms with Crippen LogP contribution in [0.15, 0.2) is 217 Å². The summed E-state index contributed by atoms with van der Waals surface area (Å²) >= 11 is 0. The van der Waals surface area contributed by atoms with Gasteiger partial charge in [-0.15, -0.1) is 0 Å². The Morgan fingerprint density at radius 3 is 1.23 bits per heavy atom. The van der Waals surface area contributed by atoms with Gasteiger partial charge in [-0.3, -0.25) is 48.9 Å². The number of nitrogens with one attached hydrogen (secondary N) is 3. The largest absolute Gasteiger partial charge is 0.508 e. The van der Waals surface area contributed by atoms with Gasteiger partial charge in [0.15, 0.2) is 0 Å². The van der Waals surface area contributed by atoms with Gasteiger partial charge in [0.2, 0.25) is 23.6 Å². The third-order valence-corrected chi connectivity index (χ3v) is 26.9. The summed E-state index contributed by atoms with van der Waals surface area (Å²) in [6.45, 7) is 13.8. The van der Waals surface area contributed by atoms with Crippen molar-refractivity contribution >= 4 is 74.6 Å². The van der Waals surface area contributed by atoms with Crippen LogP contribution < -0.4 is 35.6 Å². The van der Waals surface area contributed by atoms with Crippen LogP contribution in [-0.2, 0) is 60.0 Å². The summed E-state index contributed by atoms with van der Waals surface area (Å²) in [4.78, 5) is 99.7. The Labute approximate surface area is 695 Å². The number of hydrogen-bond acceptors (Lipinski definition) is 17. The van der Waals surface area contributed by atoms with Gasteiger partial charge in [0.1, 0.15) is 29.9 Å². The fourth-order valence-corrected chi connectivity index (χ4v) is 20.1. The number of piperazine rings is 2. The molecule has 6 amide bonds. The number of phenols is 2. The summed E-state index contributed by atoms with van der Waals surface area (Å²) in [6.07, 6.45) is 10.8. The van der Waals surface area contributed by atoms with Crippen LogP contribution in [0.1, 0.15) is 164 Å². The van der Waals surface area contributed by atoms with Crippen molar-refractivity contribution in [2.75, 3.05) is 105 Å². The van der Waals surface area contributed by atoms with Crippen LogP contribution in [0.4, 0.5) is 22.7 Å². The number of carbonyl (C=O) groups excluding carboxylic acids is 7. The number of rotatable bonds is 14. The van der Waals surface area contributed by atoms with Crippen molar-refractivity contribution in [3.05, 3.63) is 279 Å². The van der Waals surface area contributed by atoms with Crippen LogP contribution in [0.2, 0.25) is 0 Å². The molecule has 8 heterocycles. The summed E-state index contributed by atoms with van der Waals surface area (Å²) in [7, 11) is -4.00. The number of nitrogens with zero attached hydrogens (tertiary/aromatic N) is 7. The van der Waals surface area contributed by atoms with Crippen LogP contribution in [0, 0.1) is 11.8 Å². The van der Waals surface area contributed by atoms with E-state index in [0.717, 1.165) is 152 Å². The van der Waals surface area contributed by atoms with E-state index in [1.165, 1.54) is 80.9 Å². The van der Waals surface area contributed by atoms with E-state index in [-0.39, 0.29) is 70.9 Å². The van der Waals surface area contributed by atoms with E-state index < -0.39 is 22.2 Å². The Balaban J connectivity index is 0.000000136. The number of imide groups is 2. The summed E-state index contributed by atoms with van der Waals surface area (Å²) < 4.78 is 29.2. The van der Waals surface area contributed by atoms with Gasteiger partial charge in [-0.25, -0.2) is 0 Å². The van der Waals surface area contributed by atoms with Crippen molar-refractivity contribution < 1.29 is 56.7 Å². The van der Waals surface area contributed by atoms with Crippen LogP contribution in [0.5, 0.6) is 11.5 Å². The number of hydrogen-bond donors (Lipinski definition) is 6. The SMILES string of the molecule is O=C1CC[C@@H](N2Cc3cc(N4CCN(CC5CCN(c6ccc([C@@H]7c8ccc(O)cc8CC[C@@H]7c7ccccc7)cc6)CC5)CC4)ccc3C2=O)C(=O)N1.O=C1CC[C@@H](N2Cc3cc(N4CCNCC4)ccc3C2=O)C(=O)N1.O=CC1CCN(c2ccc([C@@H]3c4ccc(O)cc4CC[C@@H]3c3ccccc3)cc2)CC1.O=S(=O)(O)c1ccccc1. The highest BCUT2D eigenvalue weighted by molar-refractivity contribution is 7.85. The Kier molecular flexibility index (Phi) is 24.8. The average molecular weight is 1620 g/mol. The second kappa shape index (κ2) is 36.4. The number of fused-ring (bicyclic) bond motifs is 4. The van der Waals surface area contributed by atoms with Gasteiger partial charge in [-0.2, -0.15) is 8.42 Å². The third-order valence-electron chi connectivity index (χ3n) is 26.0. The molecule has 8 aliphatic heterocycles. The van der Waals surface area contributed by atoms with Crippen molar-refractivity contribution in [1.82, 2.24) is 30.7 Å². The molecule has 19 rings (SSSR count). The van der Waals surface area contributed by atoms with E-state index in [4.69, 9.17) is 4.55 Å². The van der Waals surface area contributed by atoms with E-state index in [1.807, 2.05) is 48.5 Å². The lowest BCUT2D eigenvalue weighted by atomic mass is 9.69. The Bertz CT molecular complexity index is 5280. The quantitative estimate of drug-likeness (QED) is 0.0335. The molecule has 10 aliphatic rings. The number of aromatic hydroxyl groups is 2. The first kappa shape index (κ1) is 81.3. The van der Waals surface area contributed by atoms with Crippen molar-refractivity contribution in [3.63, 3.8) is 0 Å². The lowest BCUT2D eigenvalue weighted by Crippen LogP contribution is -2.52. The number of amides is 6. The standard InChI is InChI=1S/C45H49N5O4.C28H29NO2.C17H20N4O3.C6H6O3S/c51-37-12-15-39-33(27-37)8-13-38(31-4-2-1-3-5-31)43(39)32-6-9-35(10-7-32)48-20-18-30(19-21-48)28-47-22-24-49(25-23-47)36-11-14-40-34(26-36)29-50(45(40)54)41-16-17-42(52)46-44(41)53;30-19-20-14-16-29(17-15-20)24-9-6-22(7-10-24)28-26(21-4-2-1-3-5-21)12-8-23-18-25(31)11-13-27(23)28;22-15-4-3-14(16(23)19-15)21-10-11-9-12(1-2-13(11)17(21)24)20-7-5-18-6-8-20;7-10(8,9)6-4-2-1-3-5-6/h1-7,9-12,14-15,26-27,30,38,41,43,51H,8,13,16-25,28-29H2,(H,46,52,53);1-7,9-11,13,18-20,26,28,31H,8,12,14-17H2;1-2,9,14,18H,3-8,10H2,(H,19,22,23);1-5H,(H,7,8,9)/t38-,41-,43+;26-,28+;14-;/m111./s1. The topological polar surface area (TPSA) is 273 Å². The molecular weight excluding hydrogens is 1520 g/mol. The number of anilines is 4. The van der Waals surface area contributed by atoms with Crippen LogP contribution >= 0.6 is 0 Å². The average Bonchev–Trinajstić information content (AvgIpc) is 1.61. The predicted octanol–water partition coefficient (Wildman–Crippen LogP) is 12.5. The second-order valence-corrected chi connectivity index (χ2v) is 34.6. The molecule has 0 unspecified atom stereocenters. The van der Waals surface area contributed by atoms with Gasteiger partial charge >= 0.3 is 0 Å². The zero-order chi connectivity index (χ0) is 82.3. The molecule has 9 aromatic carbocycles. The maximum atomic E-state index is 13.1. The van der Waals surface area contributed by atoms with Crippen LogP contribution in [-0.4, -0.2) is 177 Å². The number of phenolic OH excluding ortho intramolecular Hbond substituents is 2. The highest BCUT2D eigenvalue weighted by atomic mass is 32.2. The zero-order valence-electron chi connectivity index (χ0n) is 67.0. The lowest BCUT2D eigenvalue weighted by molar-refractivity contribution is -0.138. The molecule has 0 radical (unpaired) electrons. The van der Waals surface area contributed by atoms with E-state index in [2.05, 4.69) is 174 Å². The molecular formula is C96H104N10O12S. The highest BCUT2D eigenvalue weighted by Gasteiger charge is 2.42. The summed E-state index contributed by atoms with van der Waals surface area (Å²) in [5.74, 6) is 1.48. The van der Waals surface area contributed by atoms with Crippen molar-refractivity contribution in [1.29, 1.82) is 0 Å². The molecule has 23 heteroatoms. The molecule has 6 N–H and O–H groups in total. The maximum absolute atomic E-state index is 13.1. The Morgan fingerprint density at radius 2 is 0.807 bits per heavy atom. The number of aldehydes is 1. The minimum Gasteiger partial charge on any atom is -0.508 e. The smallest absolute Gasteiger partial charge is 0.294 e. The van der Waals surface area contributed by atoms with Crippen molar-refractivity contribution in [2.45, 2.75) is 131 Å². The highest BCUT2D eigenvalue weighted by Crippen LogP contribution is 2.50. The van der Waals surface area contributed by atoms with Crippen molar-refractivity contribution in [2.24, 2.45) is 11.8 Å². The number of aryl methyl sites for hydroxylation is 2. The van der Waals surface area contributed by atoms with E-state index in [9.17, 15) is 52.2 Å². The Hall–Kier alpha value is -11.5. The first-order valence-corrected chi connectivity index (χ1v) is 43.7. The molecule has 22 nitrogen and oxygen atoms in total. The summed E-state index contributed by atoms with van der Waals surface area (Å²) in [5, 5.41) is 28.3. The van der Waals surface area contributed by atoms with Gasteiger partial charge in [-0.1, -0.05) is 115 Å². The molecule has 6 fully saturated rings. The van der Waals surface area contributed by atoms with Gasteiger partial charge < -0.3 is 49.7 Å². The molecule has 2 aliphatic carbocycles. The first-order valence-electron chi connectivity index (χ1n) is 42.2. The van der Waals surface area contributed by atoms with Gasteiger partial charge in [-0.05, 0) is 235 Å². The van der Waals surface area contributed by atoms with Crippen molar-refractivity contribution in [3.8, 4) is 11.5 Å². The molecule has 119 heavy (non-hydrogen) atoms. The normalized spacial score (nSPS) is 22.2. The van der Waals surface area contributed by atoms with Gasteiger partial charge in [0.05, 0.1) is 4.90 Å². The molecule has 0 saturated carbocycles. The summed E-state index contributed by atoms with van der Waals surface area (Å²) in [5.41, 5.74) is 18.7. The monoisotopic (exact) mass is 1620 g/mol. The minimum absolute atomic E-state index is 0.0741. The van der Waals surface area contributed by atoms with E-state index in [0.29, 0.717) is 66.3 Å². The molecule has 6 saturated heterocycles. The Morgan fingerprint density at radius 1 is 0.395 bits per heavy atom. The number of benzene rings is 9. The first-order chi connectivity index (χ1) is 57.8. The molecule has 0 bridgehead atoms. The van der Waals surface area contributed by atoms with Crippen LogP contribution in [0.25, 0.3) is 0 Å². The maximum Gasteiger partial charge on any atom is 0.294 e. The van der Waals surface area contributed by atoms with E-state index >= 15 is 0 Å². The fraction of sp³-hybridized carbons (Fsp3) is 0.365.